The van der Waals surface area contributed by atoms with Gasteiger partial charge in [0.1, 0.15) is 17.9 Å². The summed E-state index contributed by atoms with van der Waals surface area (Å²) in [6.45, 7) is 3.78. The van der Waals surface area contributed by atoms with Crippen LogP contribution >= 0.6 is 11.3 Å². The second-order valence-corrected chi connectivity index (χ2v) is 8.93. The molecule has 1 aliphatic carbocycles. The zero-order chi connectivity index (χ0) is 21.1. The molecule has 1 amide bonds. The predicted molar refractivity (Wildman–Crippen MR) is 117 cm³/mol. The molecule has 1 aromatic carbocycles. The maximum absolute atomic E-state index is 12.8. The minimum absolute atomic E-state index is 0.0392. The van der Waals surface area contributed by atoms with Crippen LogP contribution in [0.4, 0.5) is 5.69 Å². The van der Waals surface area contributed by atoms with Gasteiger partial charge in [0.2, 0.25) is 0 Å². The first kappa shape index (κ1) is 20.8. The van der Waals surface area contributed by atoms with Gasteiger partial charge in [0.05, 0.1) is 16.4 Å². The average Bonchev–Trinajstić information content (AvgIpc) is 3.22. The monoisotopic (exact) mass is 428 g/mol. The summed E-state index contributed by atoms with van der Waals surface area (Å²) < 4.78 is 11.3. The minimum Gasteiger partial charge on any atom is -0.482 e. The van der Waals surface area contributed by atoms with Crippen LogP contribution in [0.2, 0.25) is 0 Å². The number of fused-ring (bicyclic) bond motifs is 1. The maximum atomic E-state index is 12.8. The Labute approximate surface area is 181 Å². The third-order valence-corrected chi connectivity index (χ3v) is 6.62. The number of aromatic nitrogens is 1. The third-order valence-electron chi connectivity index (χ3n) is 5.71. The fraction of sp³-hybridized carbons (Fsp3) is 0.522. The predicted octanol–water partition coefficient (Wildman–Crippen LogP) is 4.75. The van der Waals surface area contributed by atoms with Crippen LogP contribution in [0.15, 0.2) is 23.6 Å². The van der Waals surface area contributed by atoms with E-state index in [9.17, 15) is 9.59 Å². The van der Waals surface area contributed by atoms with E-state index in [-0.39, 0.29) is 24.6 Å². The van der Waals surface area contributed by atoms with E-state index in [0.717, 1.165) is 54.8 Å². The number of carbonyl (C=O) groups is 2. The molecule has 1 aliphatic heterocycles. The standard InChI is InChI=1S/C23H28N2O4S/c1-3-7-21-24-18(14-30-21)16-10-11-20-19(12-16)25(22(26)13-28-20)15(2)23(27)29-17-8-5-4-6-9-17/h10-12,14-15,17H,3-9,13H2,1-2H3. The van der Waals surface area contributed by atoms with Crippen LogP contribution < -0.4 is 9.64 Å². The van der Waals surface area contributed by atoms with E-state index in [2.05, 4.69) is 6.92 Å². The second-order valence-electron chi connectivity index (χ2n) is 7.98. The Morgan fingerprint density at radius 3 is 2.90 bits per heavy atom. The molecule has 160 valence electrons. The summed E-state index contributed by atoms with van der Waals surface area (Å²) in [7, 11) is 0. The molecule has 1 unspecified atom stereocenters. The molecule has 0 N–H and O–H groups in total. The van der Waals surface area contributed by atoms with Crippen LogP contribution in [-0.2, 0) is 20.7 Å². The summed E-state index contributed by atoms with van der Waals surface area (Å²) in [5.74, 6) is 0.00441. The van der Waals surface area contributed by atoms with Gasteiger partial charge in [0.25, 0.3) is 5.91 Å². The van der Waals surface area contributed by atoms with E-state index >= 15 is 0 Å². The number of carbonyl (C=O) groups excluding carboxylic acids is 2. The number of thiazole rings is 1. The van der Waals surface area contributed by atoms with Gasteiger partial charge in [-0.15, -0.1) is 11.3 Å². The molecule has 1 atom stereocenters. The van der Waals surface area contributed by atoms with E-state index in [1.165, 1.54) is 11.3 Å². The molecule has 6 nitrogen and oxygen atoms in total. The molecule has 0 spiro atoms. The Bertz CT molecular complexity index is 920. The summed E-state index contributed by atoms with van der Waals surface area (Å²) in [4.78, 5) is 31.8. The Hall–Kier alpha value is -2.41. The van der Waals surface area contributed by atoms with Crippen molar-refractivity contribution < 1.29 is 19.1 Å². The van der Waals surface area contributed by atoms with Crippen LogP contribution in [0.5, 0.6) is 5.75 Å². The molecule has 0 bridgehead atoms. The molecule has 4 rings (SSSR count). The number of hydrogen-bond donors (Lipinski definition) is 0. The van der Waals surface area contributed by atoms with Gasteiger partial charge in [-0.3, -0.25) is 9.69 Å². The van der Waals surface area contributed by atoms with Gasteiger partial charge in [-0.05, 0) is 63.6 Å². The molecule has 0 saturated heterocycles. The molecule has 1 aromatic heterocycles. The quantitative estimate of drug-likeness (QED) is 0.621. The van der Waals surface area contributed by atoms with Crippen LogP contribution in [0, 0.1) is 0 Å². The number of ether oxygens (including phenoxy) is 2. The van der Waals surface area contributed by atoms with Gasteiger partial charge < -0.3 is 9.47 Å². The lowest BCUT2D eigenvalue weighted by atomic mass is 9.98. The largest absolute Gasteiger partial charge is 0.482 e. The Morgan fingerprint density at radius 1 is 1.33 bits per heavy atom. The third kappa shape index (κ3) is 4.36. The summed E-state index contributed by atoms with van der Waals surface area (Å²) >= 11 is 1.64. The number of rotatable bonds is 6. The number of hydrogen-bond acceptors (Lipinski definition) is 6. The van der Waals surface area contributed by atoms with E-state index in [1.54, 1.807) is 18.3 Å². The van der Waals surface area contributed by atoms with Crippen molar-refractivity contribution in [3.05, 3.63) is 28.6 Å². The number of aryl methyl sites for hydroxylation is 1. The van der Waals surface area contributed by atoms with E-state index in [1.807, 2.05) is 23.6 Å². The molecule has 7 heteroatoms. The average molecular weight is 429 g/mol. The van der Waals surface area contributed by atoms with Gasteiger partial charge in [0, 0.05) is 10.9 Å². The molecule has 2 heterocycles. The number of benzene rings is 1. The number of esters is 1. The van der Waals surface area contributed by atoms with Crippen LogP contribution in [0.3, 0.4) is 0 Å². The molecule has 1 saturated carbocycles. The first-order chi connectivity index (χ1) is 14.6. The molecule has 0 radical (unpaired) electrons. The molecule has 1 fully saturated rings. The highest BCUT2D eigenvalue weighted by Crippen LogP contribution is 2.37. The van der Waals surface area contributed by atoms with Gasteiger partial charge in [-0.2, -0.15) is 0 Å². The fourth-order valence-corrected chi connectivity index (χ4v) is 4.99. The zero-order valence-corrected chi connectivity index (χ0v) is 18.4. The lowest BCUT2D eigenvalue weighted by Gasteiger charge is -2.34. The van der Waals surface area contributed by atoms with Gasteiger partial charge in [0.15, 0.2) is 6.61 Å². The highest BCUT2D eigenvalue weighted by molar-refractivity contribution is 7.09. The van der Waals surface area contributed by atoms with Gasteiger partial charge >= 0.3 is 5.97 Å². The lowest BCUT2D eigenvalue weighted by molar-refractivity contribution is -0.152. The first-order valence-electron chi connectivity index (χ1n) is 10.8. The Balaban J connectivity index is 1.58. The highest BCUT2D eigenvalue weighted by atomic mass is 32.1. The van der Waals surface area contributed by atoms with Crippen molar-refractivity contribution in [3.8, 4) is 17.0 Å². The van der Waals surface area contributed by atoms with Crippen LogP contribution in [0.25, 0.3) is 11.3 Å². The van der Waals surface area contributed by atoms with Crippen molar-refractivity contribution in [2.24, 2.45) is 0 Å². The summed E-state index contributed by atoms with van der Waals surface area (Å²) in [5.41, 5.74) is 2.38. The smallest absolute Gasteiger partial charge is 0.329 e. The number of amides is 1. The van der Waals surface area contributed by atoms with Crippen molar-refractivity contribution in [3.63, 3.8) is 0 Å². The van der Waals surface area contributed by atoms with Gasteiger partial charge in [-0.1, -0.05) is 13.3 Å². The zero-order valence-electron chi connectivity index (χ0n) is 17.6. The fourth-order valence-electron chi connectivity index (χ4n) is 4.08. The normalized spacial score (nSPS) is 17.9. The Morgan fingerprint density at radius 2 is 2.13 bits per heavy atom. The van der Waals surface area contributed by atoms with Crippen molar-refractivity contribution >= 4 is 28.9 Å². The summed E-state index contributed by atoms with van der Waals surface area (Å²) in [6, 6.07) is 4.98. The first-order valence-corrected chi connectivity index (χ1v) is 11.7. The van der Waals surface area contributed by atoms with Gasteiger partial charge in [-0.25, -0.2) is 9.78 Å². The summed E-state index contributed by atoms with van der Waals surface area (Å²) in [5, 5.41) is 3.13. The van der Waals surface area contributed by atoms with Crippen LogP contribution in [0.1, 0.15) is 57.4 Å². The van der Waals surface area contributed by atoms with Crippen molar-refractivity contribution in [2.75, 3.05) is 11.5 Å². The SMILES string of the molecule is CCCc1nc(-c2ccc3c(c2)N(C(C)C(=O)OC2CCCCC2)C(=O)CO3)cs1. The van der Waals surface area contributed by atoms with E-state index in [4.69, 9.17) is 14.5 Å². The van der Waals surface area contributed by atoms with Crippen molar-refractivity contribution in [2.45, 2.75) is 70.9 Å². The molecular weight excluding hydrogens is 400 g/mol. The van der Waals surface area contributed by atoms with Crippen molar-refractivity contribution in [1.82, 2.24) is 4.98 Å². The molecule has 2 aliphatic rings. The molecule has 30 heavy (non-hydrogen) atoms. The lowest BCUT2D eigenvalue weighted by Crippen LogP contribution is -2.49. The minimum atomic E-state index is -0.705. The molecule has 2 aromatic rings. The van der Waals surface area contributed by atoms with Crippen LogP contribution in [-0.4, -0.2) is 35.6 Å². The van der Waals surface area contributed by atoms with E-state index < -0.39 is 6.04 Å². The molecular formula is C23H28N2O4S. The number of anilines is 1. The topological polar surface area (TPSA) is 68.7 Å². The van der Waals surface area contributed by atoms with E-state index in [0.29, 0.717) is 11.4 Å². The second kappa shape index (κ2) is 9.16. The number of nitrogens with zero attached hydrogens (tertiary/aromatic N) is 2. The highest BCUT2D eigenvalue weighted by Gasteiger charge is 2.35. The maximum Gasteiger partial charge on any atom is 0.329 e. The summed E-state index contributed by atoms with van der Waals surface area (Å²) in [6.07, 6.45) is 7.13. The Kier molecular flexibility index (Phi) is 6.37. The van der Waals surface area contributed by atoms with Crippen molar-refractivity contribution in [1.29, 1.82) is 0 Å².